The summed E-state index contributed by atoms with van der Waals surface area (Å²) in [7, 11) is 0. The first-order chi connectivity index (χ1) is 9.15. The van der Waals surface area contributed by atoms with Crippen LogP contribution >= 0.6 is 0 Å². The fraction of sp³-hybridized carbons (Fsp3) is 0.500. The van der Waals surface area contributed by atoms with Gasteiger partial charge in [-0.1, -0.05) is 19.4 Å². The number of nitrogens with one attached hydrogen (secondary N) is 2. The molecule has 0 spiro atoms. The van der Waals surface area contributed by atoms with Crippen molar-refractivity contribution in [3.05, 3.63) is 24.3 Å². The van der Waals surface area contributed by atoms with E-state index in [2.05, 4.69) is 10.6 Å². The molecule has 1 unspecified atom stereocenters. The molecule has 0 fully saturated rings. The first-order valence-corrected chi connectivity index (χ1v) is 6.61. The Bertz CT molecular complexity index is 396. The lowest BCUT2D eigenvalue weighted by Gasteiger charge is -2.12. The van der Waals surface area contributed by atoms with Crippen molar-refractivity contribution in [3.8, 4) is 5.75 Å². The summed E-state index contributed by atoms with van der Waals surface area (Å²) < 4.78 is 5.35. The van der Waals surface area contributed by atoms with E-state index in [1.807, 2.05) is 26.0 Å². The molecule has 1 aromatic rings. The molecule has 0 heterocycles. The fourth-order valence-corrected chi connectivity index (χ4v) is 1.65. The predicted molar refractivity (Wildman–Crippen MR) is 75.5 cm³/mol. The molecule has 3 N–H and O–H groups in total. The molecule has 19 heavy (non-hydrogen) atoms. The van der Waals surface area contributed by atoms with Crippen LogP contribution in [-0.4, -0.2) is 30.4 Å². The number of amides is 2. The number of hydrogen-bond donors (Lipinski definition) is 3. The van der Waals surface area contributed by atoms with E-state index in [-0.39, 0.29) is 12.6 Å². The van der Waals surface area contributed by atoms with Crippen LogP contribution in [0.2, 0.25) is 0 Å². The smallest absolute Gasteiger partial charge is 0.319 e. The number of aliphatic hydroxyl groups excluding tert-OH is 1. The van der Waals surface area contributed by atoms with E-state index in [0.29, 0.717) is 24.5 Å². The van der Waals surface area contributed by atoms with Gasteiger partial charge in [-0.05, 0) is 25.5 Å². The number of rotatable bonds is 7. The standard InChI is InChI=1S/C14H22N2O3/c1-3-6-12(17)10-15-14(18)16-11-7-5-8-13(9-11)19-4-2/h5,7-9,12,17H,3-4,6,10H2,1-2H3,(H2,15,16,18). The van der Waals surface area contributed by atoms with E-state index in [1.165, 1.54) is 0 Å². The summed E-state index contributed by atoms with van der Waals surface area (Å²) in [4.78, 5) is 11.6. The van der Waals surface area contributed by atoms with Crippen LogP contribution < -0.4 is 15.4 Å². The molecule has 0 bridgehead atoms. The average Bonchev–Trinajstić information content (AvgIpc) is 2.38. The van der Waals surface area contributed by atoms with Crippen LogP contribution in [0.25, 0.3) is 0 Å². The van der Waals surface area contributed by atoms with Gasteiger partial charge in [-0.25, -0.2) is 4.79 Å². The monoisotopic (exact) mass is 266 g/mol. The highest BCUT2D eigenvalue weighted by Gasteiger charge is 2.06. The van der Waals surface area contributed by atoms with Crippen LogP contribution in [-0.2, 0) is 0 Å². The van der Waals surface area contributed by atoms with Crippen LogP contribution in [0.4, 0.5) is 10.5 Å². The minimum atomic E-state index is -0.495. The van der Waals surface area contributed by atoms with Gasteiger partial charge < -0.3 is 20.5 Å². The van der Waals surface area contributed by atoms with E-state index in [1.54, 1.807) is 12.1 Å². The zero-order chi connectivity index (χ0) is 14.1. The highest BCUT2D eigenvalue weighted by molar-refractivity contribution is 5.89. The normalized spacial score (nSPS) is 11.7. The molecule has 5 nitrogen and oxygen atoms in total. The van der Waals surface area contributed by atoms with Crippen LogP contribution in [0.1, 0.15) is 26.7 Å². The number of hydrogen-bond acceptors (Lipinski definition) is 3. The first-order valence-electron chi connectivity index (χ1n) is 6.61. The number of urea groups is 1. The van der Waals surface area contributed by atoms with Gasteiger partial charge in [0.2, 0.25) is 0 Å². The Morgan fingerprint density at radius 2 is 2.21 bits per heavy atom. The summed E-state index contributed by atoms with van der Waals surface area (Å²) in [6.07, 6.45) is 1.08. The van der Waals surface area contributed by atoms with Crippen molar-refractivity contribution in [2.45, 2.75) is 32.8 Å². The predicted octanol–water partition coefficient (Wildman–Crippen LogP) is 2.37. The third-order valence-corrected chi connectivity index (χ3v) is 2.52. The molecular formula is C14H22N2O3. The van der Waals surface area contributed by atoms with Gasteiger partial charge in [-0.2, -0.15) is 0 Å². The van der Waals surface area contributed by atoms with Crippen LogP contribution in [0, 0.1) is 0 Å². The Morgan fingerprint density at radius 3 is 2.89 bits per heavy atom. The summed E-state index contributed by atoms with van der Waals surface area (Å²) >= 11 is 0. The lowest BCUT2D eigenvalue weighted by atomic mass is 10.2. The maximum Gasteiger partial charge on any atom is 0.319 e. The van der Waals surface area contributed by atoms with Crippen molar-refractivity contribution in [1.82, 2.24) is 5.32 Å². The number of carbonyl (C=O) groups is 1. The highest BCUT2D eigenvalue weighted by atomic mass is 16.5. The molecule has 1 aromatic carbocycles. The lowest BCUT2D eigenvalue weighted by Crippen LogP contribution is -2.35. The van der Waals surface area contributed by atoms with E-state index in [4.69, 9.17) is 4.74 Å². The van der Waals surface area contributed by atoms with Crippen molar-refractivity contribution in [2.75, 3.05) is 18.5 Å². The molecular weight excluding hydrogens is 244 g/mol. The van der Waals surface area contributed by atoms with Gasteiger partial charge >= 0.3 is 6.03 Å². The summed E-state index contributed by atoms with van der Waals surface area (Å²) in [5.74, 6) is 0.714. The molecule has 0 saturated heterocycles. The van der Waals surface area contributed by atoms with Gasteiger partial charge in [0, 0.05) is 18.3 Å². The van der Waals surface area contributed by atoms with Gasteiger partial charge in [0.25, 0.3) is 0 Å². The topological polar surface area (TPSA) is 70.6 Å². The molecule has 0 aromatic heterocycles. The second kappa shape index (κ2) is 8.37. The van der Waals surface area contributed by atoms with Gasteiger partial charge in [-0.15, -0.1) is 0 Å². The van der Waals surface area contributed by atoms with Crippen molar-refractivity contribution < 1.29 is 14.6 Å². The van der Waals surface area contributed by atoms with Crippen molar-refractivity contribution in [2.24, 2.45) is 0 Å². The molecule has 0 aliphatic carbocycles. The Hall–Kier alpha value is -1.75. The minimum absolute atomic E-state index is 0.255. The maximum absolute atomic E-state index is 11.6. The van der Waals surface area contributed by atoms with Gasteiger partial charge in [0.05, 0.1) is 12.7 Å². The Balaban J connectivity index is 2.41. The van der Waals surface area contributed by atoms with E-state index in [0.717, 1.165) is 6.42 Å². The van der Waals surface area contributed by atoms with Gasteiger partial charge in [-0.3, -0.25) is 0 Å². The zero-order valence-corrected chi connectivity index (χ0v) is 11.5. The summed E-state index contributed by atoms with van der Waals surface area (Å²) in [5.41, 5.74) is 0.661. The van der Waals surface area contributed by atoms with Crippen molar-refractivity contribution in [1.29, 1.82) is 0 Å². The quantitative estimate of drug-likeness (QED) is 0.709. The Labute approximate surface area is 114 Å². The second-order valence-corrected chi connectivity index (χ2v) is 4.24. The summed E-state index contributed by atoms with van der Waals surface area (Å²) in [6, 6.07) is 6.85. The Morgan fingerprint density at radius 1 is 1.42 bits per heavy atom. The first kappa shape index (κ1) is 15.3. The van der Waals surface area contributed by atoms with Crippen LogP contribution in [0.3, 0.4) is 0 Å². The van der Waals surface area contributed by atoms with Crippen LogP contribution in [0.5, 0.6) is 5.75 Å². The maximum atomic E-state index is 11.6. The third-order valence-electron chi connectivity index (χ3n) is 2.52. The minimum Gasteiger partial charge on any atom is -0.494 e. The largest absolute Gasteiger partial charge is 0.494 e. The highest BCUT2D eigenvalue weighted by Crippen LogP contribution is 2.16. The number of anilines is 1. The molecule has 0 aliphatic heterocycles. The molecule has 2 amide bonds. The molecule has 106 valence electrons. The Kier molecular flexibility index (Phi) is 6.74. The fourth-order valence-electron chi connectivity index (χ4n) is 1.65. The number of benzene rings is 1. The molecule has 1 atom stereocenters. The molecule has 0 aliphatic rings. The number of ether oxygens (including phenoxy) is 1. The SMILES string of the molecule is CCCC(O)CNC(=O)Nc1cccc(OCC)c1. The van der Waals surface area contributed by atoms with Crippen molar-refractivity contribution in [3.63, 3.8) is 0 Å². The molecule has 0 radical (unpaired) electrons. The third kappa shape index (κ3) is 6.10. The van der Waals surface area contributed by atoms with E-state index < -0.39 is 6.10 Å². The number of aliphatic hydroxyl groups is 1. The van der Waals surface area contributed by atoms with Crippen molar-refractivity contribution >= 4 is 11.7 Å². The van der Waals surface area contributed by atoms with E-state index in [9.17, 15) is 9.90 Å². The van der Waals surface area contributed by atoms with Gasteiger partial charge in [0.15, 0.2) is 0 Å². The molecule has 0 saturated carbocycles. The summed E-state index contributed by atoms with van der Waals surface area (Å²) in [6.45, 7) is 4.73. The summed E-state index contributed by atoms with van der Waals surface area (Å²) in [5, 5.41) is 14.8. The van der Waals surface area contributed by atoms with Gasteiger partial charge in [0.1, 0.15) is 5.75 Å². The number of carbonyl (C=O) groups excluding carboxylic acids is 1. The lowest BCUT2D eigenvalue weighted by molar-refractivity contribution is 0.162. The second-order valence-electron chi connectivity index (χ2n) is 4.24. The molecule has 1 rings (SSSR count). The molecule has 5 heteroatoms. The van der Waals surface area contributed by atoms with E-state index >= 15 is 0 Å². The average molecular weight is 266 g/mol. The zero-order valence-electron chi connectivity index (χ0n) is 11.5. The van der Waals surface area contributed by atoms with Crippen LogP contribution in [0.15, 0.2) is 24.3 Å².